The van der Waals surface area contributed by atoms with Crippen LogP contribution in [0.25, 0.3) is 0 Å². The molecule has 3 rings (SSSR count). The molecule has 1 heterocycles. The van der Waals surface area contributed by atoms with Crippen molar-refractivity contribution in [2.75, 3.05) is 11.6 Å². The number of carbonyl (C=O) groups is 1. The van der Waals surface area contributed by atoms with Gasteiger partial charge in [-0.1, -0.05) is 48.4 Å². The Bertz CT molecular complexity index is 859. The molecule has 0 aliphatic carbocycles. The molecule has 1 N–H and O–H groups in total. The largest absolute Gasteiger partial charge is 0.407 e. The van der Waals surface area contributed by atoms with Crippen molar-refractivity contribution in [1.82, 2.24) is 10.2 Å². The summed E-state index contributed by atoms with van der Waals surface area (Å²) in [5, 5.41) is 10.6. The third kappa shape index (κ3) is 4.28. The molecule has 0 radical (unpaired) electrons. The number of nitrogens with one attached hydrogen (secondary N) is 1. The van der Waals surface area contributed by atoms with Crippen molar-refractivity contribution < 1.29 is 9.21 Å². The first-order valence-corrected chi connectivity index (χ1v) is 9.26. The molecule has 0 aliphatic heterocycles. The fourth-order valence-corrected chi connectivity index (χ4v) is 3.03. The molecule has 0 atom stereocenters. The maximum atomic E-state index is 12.4. The van der Waals surface area contributed by atoms with E-state index in [1.807, 2.05) is 24.5 Å². The molecular formula is C19H19N3O2S. The van der Waals surface area contributed by atoms with Crippen molar-refractivity contribution >= 4 is 23.7 Å². The molecule has 0 saturated carbocycles. The summed E-state index contributed by atoms with van der Waals surface area (Å²) < 4.78 is 5.55. The van der Waals surface area contributed by atoms with Gasteiger partial charge in [0.05, 0.1) is 12.0 Å². The van der Waals surface area contributed by atoms with Crippen molar-refractivity contribution in [3.05, 3.63) is 71.1 Å². The van der Waals surface area contributed by atoms with Crippen LogP contribution in [0, 0.1) is 0 Å². The first kappa shape index (κ1) is 17.2. The molecule has 1 amide bonds. The van der Waals surface area contributed by atoms with Gasteiger partial charge >= 0.3 is 6.01 Å². The Morgan fingerprint density at radius 1 is 1.08 bits per heavy atom. The molecule has 128 valence electrons. The highest BCUT2D eigenvalue weighted by Gasteiger charge is 2.14. The third-order valence-electron chi connectivity index (χ3n) is 3.83. The molecule has 0 fully saturated rings. The van der Waals surface area contributed by atoms with Crippen LogP contribution in [-0.4, -0.2) is 22.4 Å². The molecule has 3 aromatic rings. The van der Waals surface area contributed by atoms with Gasteiger partial charge in [-0.2, -0.15) is 0 Å². The average molecular weight is 353 g/mol. The topological polar surface area (TPSA) is 68.0 Å². The van der Waals surface area contributed by atoms with Gasteiger partial charge in [0, 0.05) is 4.90 Å². The summed E-state index contributed by atoms with van der Waals surface area (Å²) in [6.45, 7) is 2.12. The van der Waals surface area contributed by atoms with Crippen molar-refractivity contribution in [2.24, 2.45) is 0 Å². The Kier molecular flexibility index (Phi) is 5.50. The van der Waals surface area contributed by atoms with Crippen LogP contribution in [0.3, 0.4) is 0 Å². The van der Waals surface area contributed by atoms with Crippen molar-refractivity contribution in [3.8, 4) is 0 Å². The molecule has 0 saturated heterocycles. The molecule has 6 heteroatoms. The quantitative estimate of drug-likeness (QED) is 0.673. The Labute approximate surface area is 150 Å². The second-order valence-corrected chi connectivity index (χ2v) is 6.35. The second kappa shape index (κ2) is 7.98. The molecule has 2 aromatic carbocycles. The number of hydrogen-bond acceptors (Lipinski definition) is 5. The van der Waals surface area contributed by atoms with E-state index in [0.29, 0.717) is 17.9 Å². The molecule has 0 unspecified atom stereocenters. The third-order valence-corrected chi connectivity index (χ3v) is 4.62. The van der Waals surface area contributed by atoms with Gasteiger partial charge in [0.25, 0.3) is 5.91 Å². The number of hydrogen-bond donors (Lipinski definition) is 1. The number of thioether (sulfide) groups is 1. The summed E-state index contributed by atoms with van der Waals surface area (Å²) in [5.41, 5.74) is 2.96. The minimum absolute atomic E-state index is 0.112. The number of benzene rings is 2. The van der Waals surface area contributed by atoms with E-state index in [1.54, 1.807) is 6.07 Å². The fraction of sp³-hybridized carbons (Fsp3) is 0.211. The van der Waals surface area contributed by atoms with E-state index >= 15 is 0 Å². The van der Waals surface area contributed by atoms with E-state index in [2.05, 4.69) is 46.7 Å². The van der Waals surface area contributed by atoms with Gasteiger partial charge in [-0.05, 0) is 35.9 Å². The monoisotopic (exact) mass is 353 g/mol. The maximum Gasteiger partial charge on any atom is 0.322 e. The van der Waals surface area contributed by atoms with E-state index in [9.17, 15) is 4.79 Å². The first-order valence-electron chi connectivity index (χ1n) is 8.04. The van der Waals surface area contributed by atoms with Crippen LogP contribution in [0.1, 0.15) is 34.3 Å². The number of rotatable bonds is 6. The summed E-state index contributed by atoms with van der Waals surface area (Å²) in [4.78, 5) is 13.3. The number of aryl methyl sites for hydroxylation is 1. The van der Waals surface area contributed by atoms with Crippen LogP contribution in [0.5, 0.6) is 0 Å². The maximum absolute atomic E-state index is 12.4. The Hall–Kier alpha value is -2.60. The van der Waals surface area contributed by atoms with Crippen molar-refractivity contribution in [3.63, 3.8) is 0 Å². The molecule has 0 aliphatic rings. The predicted octanol–water partition coefficient (Wildman–Crippen LogP) is 4.20. The number of carbonyl (C=O) groups excluding carboxylic acids is 1. The summed E-state index contributed by atoms with van der Waals surface area (Å²) in [5.74, 6) is 0.213. The van der Waals surface area contributed by atoms with Gasteiger partial charge in [0.15, 0.2) is 0 Å². The zero-order valence-electron chi connectivity index (χ0n) is 14.2. The van der Waals surface area contributed by atoms with Crippen LogP contribution in [0.2, 0.25) is 0 Å². The Morgan fingerprint density at radius 2 is 1.80 bits per heavy atom. The lowest BCUT2D eigenvalue weighted by atomic mass is 10.1. The summed E-state index contributed by atoms with van der Waals surface area (Å²) in [7, 11) is 0. The highest BCUT2D eigenvalue weighted by Crippen LogP contribution is 2.21. The van der Waals surface area contributed by atoms with E-state index in [4.69, 9.17) is 4.42 Å². The Balaban J connectivity index is 1.67. The zero-order valence-corrected chi connectivity index (χ0v) is 15.0. The van der Waals surface area contributed by atoms with Crippen LogP contribution < -0.4 is 5.32 Å². The molecule has 0 bridgehead atoms. The number of amides is 1. The van der Waals surface area contributed by atoms with Gasteiger partial charge < -0.3 is 4.42 Å². The fourth-order valence-electron chi connectivity index (χ4n) is 2.44. The van der Waals surface area contributed by atoms with E-state index in [0.717, 1.165) is 16.9 Å². The standard InChI is InChI=1S/C19H19N3O2S/c1-3-13-8-10-14(11-9-13)12-17-21-22-19(24-17)20-18(23)15-6-4-5-7-16(15)25-2/h4-11H,3,12H2,1-2H3,(H,20,22,23). The average Bonchev–Trinajstić information content (AvgIpc) is 3.09. The number of anilines is 1. The molecule has 0 spiro atoms. The second-order valence-electron chi connectivity index (χ2n) is 5.50. The van der Waals surface area contributed by atoms with Crippen LogP contribution in [-0.2, 0) is 12.8 Å². The SMILES string of the molecule is CCc1ccc(Cc2nnc(NC(=O)c3ccccc3SC)o2)cc1. The summed E-state index contributed by atoms with van der Waals surface area (Å²) >= 11 is 1.52. The van der Waals surface area contributed by atoms with Crippen LogP contribution in [0.15, 0.2) is 57.8 Å². The van der Waals surface area contributed by atoms with Crippen LogP contribution in [0.4, 0.5) is 6.01 Å². The van der Waals surface area contributed by atoms with Gasteiger partial charge in [-0.25, -0.2) is 0 Å². The van der Waals surface area contributed by atoms with E-state index in [1.165, 1.54) is 17.3 Å². The lowest BCUT2D eigenvalue weighted by Crippen LogP contribution is -2.13. The lowest BCUT2D eigenvalue weighted by Gasteiger charge is -2.05. The first-order chi connectivity index (χ1) is 12.2. The van der Waals surface area contributed by atoms with Gasteiger partial charge in [-0.3, -0.25) is 10.1 Å². The molecular weight excluding hydrogens is 334 g/mol. The highest BCUT2D eigenvalue weighted by molar-refractivity contribution is 7.98. The zero-order chi connectivity index (χ0) is 17.6. The minimum atomic E-state index is -0.257. The molecule has 25 heavy (non-hydrogen) atoms. The minimum Gasteiger partial charge on any atom is -0.407 e. The van der Waals surface area contributed by atoms with E-state index in [-0.39, 0.29) is 11.9 Å². The lowest BCUT2D eigenvalue weighted by molar-refractivity contribution is 0.102. The Morgan fingerprint density at radius 3 is 2.52 bits per heavy atom. The normalized spacial score (nSPS) is 10.6. The smallest absolute Gasteiger partial charge is 0.322 e. The van der Waals surface area contributed by atoms with Gasteiger partial charge in [0.1, 0.15) is 0 Å². The van der Waals surface area contributed by atoms with E-state index < -0.39 is 0 Å². The van der Waals surface area contributed by atoms with Gasteiger partial charge in [0.2, 0.25) is 5.89 Å². The highest BCUT2D eigenvalue weighted by atomic mass is 32.2. The summed E-state index contributed by atoms with van der Waals surface area (Å²) in [6.07, 6.45) is 3.48. The predicted molar refractivity (Wildman–Crippen MR) is 99.1 cm³/mol. The molecule has 5 nitrogen and oxygen atoms in total. The molecule has 1 aromatic heterocycles. The van der Waals surface area contributed by atoms with Crippen LogP contribution >= 0.6 is 11.8 Å². The number of aromatic nitrogens is 2. The van der Waals surface area contributed by atoms with Crippen molar-refractivity contribution in [2.45, 2.75) is 24.7 Å². The van der Waals surface area contributed by atoms with Crippen molar-refractivity contribution in [1.29, 1.82) is 0 Å². The number of nitrogens with zero attached hydrogens (tertiary/aromatic N) is 2. The summed E-state index contributed by atoms with van der Waals surface area (Å²) in [6, 6.07) is 15.8. The van der Waals surface area contributed by atoms with Gasteiger partial charge in [-0.15, -0.1) is 16.9 Å².